The van der Waals surface area contributed by atoms with Gasteiger partial charge >= 0.3 is 0 Å². The maximum Gasteiger partial charge on any atom is 0.257 e. The van der Waals surface area contributed by atoms with E-state index in [9.17, 15) is 9.59 Å². The van der Waals surface area contributed by atoms with Crippen LogP contribution in [0.25, 0.3) is 0 Å². The largest absolute Gasteiger partial charge is 0.354 e. The number of fused-ring (bicyclic) bond motifs is 1. The van der Waals surface area contributed by atoms with Gasteiger partial charge in [0.2, 0.25) is 11.9 Å². The second kappa shape index (κ2) is 5.94. The van der Waals surface area contributed by atoms with Gasteiger partial charge in [0.05, 0.1) is 6.67 Å². The summed E-state index contributed by atoms with van der Waals surface area (Å²) in [7, 11) is 0. The van der Waals surface area contributed by atoms with Gasteiger partial charge in [0.1, 0.15) is 11.4 Å². The van der Waals surface area contributed by atoms with E-state index in [1.165, 1.54) is 6.20 Å². The van der Waals surface area contributed by atoms with E-state index in [2.05, 4.69) is 25.9 Å². The first-order valence-electron chi connectivity index (χ1n) is 7.15. The lowest BCUT2D eigenvalue weighted by Gasteiger charge is -2.18. The number of aromatic nitrogens is 2. The second-order valence-corrected chi connectivity index (χ2v) is 5.08. The molecule has 8 heteroatoms. The highest BCUT2D eigenvalue weighted by Gasteiger charge is 2.20. The van der Waals surface area contributed by atoms with Crippen LogP contribution in [0.4, 0.5) is 11.8 Å². The van der Waals surface area contributed by atoms with Crippen LogP contribution >= 0.6 is 0 Å². The first-order valence-corrected chi connectivity index (χ1v) is 7.15. The van der Waals surface area contributed by atoms with Gasteiger partial charge in [-0.05, 0) is 12.8 Å². The molecule has 1 aromatic rings. The van der Waals surface area contributed by atoms with Crippen molar-refractivity contribution in [1.82, 2.24) is 20.2 Å². The summed E-state index contributed by atoms with van der Waals surface area (Å²) in [6.07, 6.45) is 4.00. The van der Waals surface area contributed by atoms with Crippen molar-refractivity contribution < 1.29 is 9.59 Å². The highest BCUT2D eigenvalue weighted by molar-refractivity contribution is 6.00. The summed E-state index contributed by atoms with van der Waals surface area (Å²) in [6.45, 7) is 2.69. The predicted octanol–water partition coefficient (Wildman–Crippen LogP) is 0.0138. The number of carbonyl (C=O) groups excluding carboxylic acids is 2. The summed E-state index contributed by atoms with van der Waals surface area (Å²) in [5.41, 5.74) is 0.453. The Morgan fingerprint density at radius 1 is 1.33 bits per heavy atom. The second-order valence-electron chi connectivity index (χ2n) is 5.08. The zero-order chi connectivity index (χ0) is 14.7. The Labute approximate surface area is 122 Å². The number of anilines is 2. The number of likely N-dealkylation sites (tertiary alicyclic amines) is 1. The Morgan fingerprint density at radius 2 is 2.24 bits per heavy atom. The minimum atomic E-state index is -0.164. The Balaban J connectivity index is 1.49. The molecule has 3 N–H and O–H groups in total. The molecule has 3 heterocycles. The Hall–Kier alpha value is -2.38. The zero-order valence-corrected chi connectivity index (χ0v) is 11.7. The Kier molecular flexibility index (Phi) is 3.85. The molecular formula is C13H18N6O2. The third kappa shape index (κ3) is 3.04. The van der Waals surface area contributed by atoms with Crippen molar-refractivity contribution in [2.75, 3.05) is 36.9 Å². The molecule has 0 radical (unpaired) electrons. The van der Waals surface area contributed by atoms with Crippen LogP contribution < -0.4 is 16.0 Å². The number of hydrogen-bond acceptors (Lipinski definition) is 6. The van der Waals surface area contributed by atoms with Crippen molar-refractivity contribution in [3.63, 3.8) is 0 Å². The van der Waals surface area contributed by atoms with E-state index in [0.29, 0.717) is 37.0 Å². The number of rotatable bonds is 5. The van der Waals surface area contributed by atoms with E-state index in [1.54, 1.807) is 0 Å². The molecule has 0 aromatic carbocycles. The van der Waals surface area contributed by atoms with Crippen molar-refractivity contribution in [1.29, 1.82) is 0 Å². The molecule has 0 unspecified atom stereocenters. The molecule has 1 fully saturated rings. The normalized spacial score (nSPS) is 17.2. The standard InChI is InChI=1S/C13H18N6O2/c20-10-3-1-5-19(10)6-2-4-14-13-15-7-9-11(18-13)16-8-17-12(9)21/h7H,1-6,8H2,(H,17,21)(H2,14,15,16,18). The fourth-order valence-corrected chi connectivity index (χ4v) is 2.48. The third-order valence-electron chi connectivity index (χ3n) is 3.60. The molecular weight excluding hydrogens is 272 g/mol. The van der Waals surface area contributed by atoms with Crippen LogP contribution in [-0.4, -0.2) is 53.0 Å². The molecule has 0 atom stereocenters. The molecule has 0 spiro atoms. The monoisotopic (exact) mass is 290 g/mol. The first kappa shape index (κ1) is 13.6. The molecule has 1 aromatic heterocycles. The highest BCUT2D eigenvalue weighted by Crippen LogP contribution is 2.16. The van der Waals surface area contributed by atoms with Crippen LogP contribution in [0.15, 0.2) is 6.20 Å². The predicted molar refractivity (Wildman–Crippen MR) is 76.9 cm³/mol. The van der Waals surface area contributed by atoms with Crippen LogP contribution in [0.3, 0.4) is 0 Å². The van der Waals surface area contributed by atoms with E-state index in [-0.39, 0.29) is 11.8 Å². The van der Waals surface area contributed by atoms with E-state index >= 15 is 0 Å². The van der Waals surface area contributed by atoms with E-state index in [0.717, 1.165) is 25.9 Å². The summed E-state index contributed by atoms with van der Waals surface area (Å²) < 4.78 is 0. The molecule has 21 heavy (non-hydrogen) atoms. The third-order valence-corrected chi connectivity index (χ3v) is 3.60. The molecule has 8 nitrogen and oxygen atoms in total. The van der Waals surface area contributed by atoms with Crippen LogP contribution in [-0.2, 0) is 4.79 Å². The van der Waals surface area contributed by atoms with Gasteiger partial charge in [-0.15, -0.1) is 0 Å². The van der Waals surface area contributed by atoms with E-state index < -0.39 is 0 Å². The van der Waals surface area contributed by atoms with Gasteiger partial charge in [0, 0.05) is 32.3 Å². The lowest BCUT2D eigenvalue weighted by molar-refractivity contribution is -0.127. The minimum absolute atomic E-state index is 0.164. The topological polar surface area (TPSA) is 99.2 Å². The van der Waals surface area contributed by atoms with Crippen LogP contribution in [0.2, 0.25) is 0 Å². The molecule has 2 aliphatic rings. The number of amides is 2. The Bertz CT molecular complexity index is 562. The maximum atomic E-state index is 11.5. The van der Waals surface area contributed by atoms with Crippen LogP contribution in [0.1, 0.15) is 29.6 Å². The zero-order valence-electron chi connectivity index (χ0n) is 11.7. The average Bonchev–Trinajstić information content (AvgIpc) is 2.89. The number of carbonyl (C=O) groups is 2. The fourth-order valence-electron chi connectivity index (χ4n) is 2.48. The van der Waals surface area contributed by atoms with Crippen molar-refractivity contribution >= 4 is 23.6 Å². The molecule has 0 aliphatic carbocycles. The van der Waals surface area contributed by atoms with E-state index in [4.69, 9.17) is 0 Å². The van der Waals surface area contributed by atoms with Crippen molar-refractivity contribution in [2.45, 2.75) is 19.3 Å². The molecule has 0 saturated carbocycles. The summed E-state index contributed by atoms with van der Waals surface area (Å²) in [5, 5.41) is 8.77. The first-order chi connectivity index (χ1) is 10.2. The summed E-state index contributed by atoms with van der Waals surface area (Å²) in [4.78, 5) is 33.3. The Morgan fingerprint density at radius 3 is 3.05 bits per heavy atom. The van der Waals surface area contributed by atoms with Crippen LogP contribution in [0, 0.1) is 0 Å². The molecule has 112 valence electrons. The quantitative estimate of drug-likeness (QED) is 0.661. The van der Waals surface area contributed by atoms with Gasteiger partial charge in [-0.3, -0.25) is 9.59 Å². The molecule has 1 saturated heterocycles. The van der Waals surface area contributed by atoms with Gasteiger partial charge in [-0.25, -0.2) is 4.98 Å². The van der Waals surface area contributed by atoms with Crippen LogP contribution in [0.5, 0.6) is 0 Å². The summed E-state index contributed by atoms with van der Waals surface area (Å²) >= 11 is 0. The van der Waals surface area contributed by atoms with Gasteiger partial charge in [-0.2, -0.15) is 4.98 Å². The van der Waals surface area contributed by atoms with Crippen molar-refractivity contribution in [3.05, 3.63) is 11.8 Å². The smallest absolute Gasteiger partial charge is 0.257 e. The van der Waals surface area contributed by atoms with Gasteiger partial charge < -0.3 is 20.9 Å². The highest BCUT2D eigenvalue weighted by atomic mass is 16.2. The lowest BCUT2D eigenvalue weighted by atomic mass is 10.2. The maximum absolute atomic E-state index is 11.5. The molecule has 0 bridgehead atoms. The minimum Gasteiger partial charge on any atom is -0.354 e. The van der Waals surface area contributed by atoms with E-state index in [1.807, 2.05) is 4.90 Å². The SMILES string of the molecule is O=C1NCNc2nc(NCCCN3CCCC3=O)ncc21. The fraction of sp³-hybridized carbons (Fsp3) is 0.538. The van der Waals surface area contributed by atoms with Crippen molar-refractivity contribution in [2.24, 2.45) is 0 Å². The van der Waals surface area contributed by atoms with Crippen molar-refractivity contribution in [3.8, 4) is 0 Å². The average molecular weight is 290 g/mol. The molecule has 2 aliphatic heterocycles. The molecule has 3 rings (SSSR count). The lowest BCUT2D eigenvalue weighted by Crippen LogP contribution is -2.35. The number of nitrogens with zero attached hydrogens (tertiary/aromatic N) is 3. The molecule has 2 amide bonds. The number of hydrogen-bond donors (Lipinski definition) is 3. The summed E-state index contributed by atoms with van der Waals surface area (Å²) in [5.74, 6) is 1.12. The van der Waals surface area contributed by atoms with Gasteiger partial charge in [-0.1, -0.05) is 0 Å². The van der Waals surface area contributed by atoms with Gasteiger partial charge in [0.25, 0.3) is 5.91 Å². The summed E-state index contributed by atoms with van der Waals surface area (Å²) in [6, 6.07) is 0. The van der Waals surface area contributed by atoms with Gasteiger partial charge in [0.15, 0.2) is 0 Å². The number of nitrogens with one attached hydrogen (secondary N) is 3.